The largest absolute Gasteiger partial charge is 0.493 e. The Balaban J connectivity index is 1.68. The minimum atomic E-state index is -0.265. The van der Waals surface area contributed by atoms with Crippen molar-refractivity contribution in [1.29, 1.82) is 0 Å². The summed E-state index contributed by atoms with van der Waals surface area (Å²) in [5, 5.41) is 7.18. The number of amides is 1. The van der Waals surface area contributed by atoms with Crippen LogP contribution in [0.5, 0.6) is 11.5 Å². The van der Waals surface area contributed by atoms with Gasteiger partial charge in [-0.2, -0.15) is 5.10 Å². The van der Waals surface area contributed by atoms with Gasteiger partial charge in [0.2, 0.25) is 0 Å². The van der Waals surface area contributed by atoms with Gasteiger partial charge in [0.1, 0.15) is 0 Å². The number of methoxy groups -OCH3 is 1. The lowest BCUT2D eigenvalue weighted by atomic mass is 10.2. The highest BCUT2D eigenvalue weighted by Gasteiger charge is 2.13. The number of pyridine rings is 1. The van der Waals surface area contributed by atoms with Crippen molar-refractivity contribution >= 4 is 11.7 Å². The molecule has 0 saturated carbocycles. The van der Waals surface area contributed by atoms with E-state index in [2.05, 4.69) is 15.4 Å². The predicted octanol–water partition coefficient (Wildman–Crippen LogP) is 3.37. The van der Waals surface area contributed by atoms with Crippen LogP contribution in [0.1, 0.15) is 29.8 Å². The zero-order chi connectivity index (χ0) is 19.2. The molecule has 7 heteroatoms. The molecule has 0 spiro atoms. The quantitative estimate of drug-likeness (QED) is 0.694. The van der Waals surface area contributed by atoms with Gasteiger partial charge in [0.25, 0.3) is 5.91 Å². The number of rotatable bonds is 7. The third kappa shape index (κ3) is 4.84. The standard InChI is InChI=1S/C20H22N4O3/c1-14(2)27-17-5-4-16(12-18(17)26-3)20(25)22-19-8-11-24(23-19)13-15-6-9-21-10-7-15/h4-12,14H,13H2,1-3H3,(H,22,23,25). The fourth-order valence-electron chi connectivity index (χ4n) is 2.54. The van der Waals surface area contributed by atoms with Crippen molar-refractivity contribution in [2.24, 2.45) is 0 Å². The van der Waals surface area contributed by atoms with Crippen LogP contribution in [0.2, 0.25) is 0 Å². The van der Waals surface area contributed by atoms with Crippen LogP contribution in [0.25, 0.3) is 0 Å². The Morgan fingerprint density at radius 3 is 2.63 bits per heavy atom. The first kappa shape index (κ1) is 18.4. The summed E-state index contributed by atoms with van der Waals surface area (Å²) in [7, 11) is 1.55. The van der Waals surface area contributed by atoms with Crippen molar-refractivity contribution in [2.45, 2.75) is 26.5 Å². The van der Waals surface area contributed by atoms with E-state index in [1.54, 1.807) is 48.5 Å². The second kappa shape index (κ2) is 8.35. The summed E-state index contributed by atoms with van der Waals surface area (Å²) in [5.74, 6) is 1.33. The first-order chi connectivity index (χ1) is 13.0. The highest BCUT2D eigenvalue weighted by atomic mass is 16.5. The van der Waals surface area contributed by atoms with E-state index in [1.807, 2.05) is 32.2 Å². The van der Waals surface area contributed by atoms with E-state index in [1.165, 1.54) is 0 Å². The number of anilines is 1. The molecule has 2 aromatic heterocycles. The summed E-state index contributed by atoms with van der Waals surface area (Å²) in [6.45, 7) is 4.47. The molecule has 0 aliphatic heterocycles. The summed E-state index contributed by atoms with van der Waals surface area (Å²) in [4.78, 5) is 16.5. The van der Waals surface area contributed by atoms with Gasteiger partial charge in [0.15, 0.2) is 17.3 Å². The average Bonchev–Trinajstić information content (AvgIpc) is 3.09. The monoisotopic (exact) mass is 366 g/mol. The predicted molar refractivity (Wildman–Crippen MR) is 102 cm³/mol. The fourth-order valence-corrected chi connectivity index (χ4v) is 2.54. The van der Waals surface area contributed by atoms with Crippen molar-refractivity contribution in [3.8, 4) is 11.5 Å². The molecular weight excluding hydrogens is 344 g/mol. The van der Waals surface area contributed by atoms with E-state index in [-0.39, 0.29) is 12.0 Å². The maximum Gasteiger partial charge on any atom is 0.257 e. The van der Waals surface area contributed by atoms with Gasteiger partial charge in [-0.15, -0.1) is 0 Å². The Morgan fingerprint density at radius 2 is 1.93 bits per heavy atom. The summed E-state index contributed by atoms with van der Waals surface area (Å²) in [6.07, 6.45) is 5.31. The molecule has 1 amide bonds. The van der Waals surface area contributed by atoms with Crippen LogP contribution >= 0.6 is 0 Å². The Kier molecular flexibility index (Phi) is 5.71. The Labute approximate surface area is 158 Å². The molecule has 0 atom stereocenters. The van der Waals surface area contributed by atoms with Crippen LogP contribution in [0.4, 0.5) is 5.82 Å². The molecule has 1 N–H and O–H groups in total. The third-order valence-electron chi connectivity index (χ3n) is 3.76. The Hall–Kier alpha value is -3.35. The summed E-state index contributed by atoms with van der Waals surface area (Å²) < 4.78 is 12.8. The number of benzene rings is 1. The average molecular weight is 366 g/mol. The van der Waals surface area contributed by atoms with Crippen LogP contribution in [0.15, 0.2) is 55.0 Å². The Bertz CT molecular complexity index is 907. The molecule has 7 nitrogen and oxygen atoms in total. The first-order valence-electron chi connectivity index (χ1n) is 8.63. The normalized spacial score (nSPS) is 10.7. The molecule has 1 aromatic carbocycles. The molecule has 3 aromatic rings. The zero-order valence-corrected chi connectivity index (χ0v) is 15.5. The molecule has 0 radical (unpaired) electrons. The number of aromatic nitrogens is 3. The summed E-state index contributed by atoms with van der Waals surface area (Å²) in [5.41, 5.74) is 1.54. The SMILES string of the molecule is COc1cc(C(=O)Nc2ccn(Cc3ccncc3)n2)ccc1OC(C)C. The maximum absolute atomic E-state index is 12.5. The van der Waals surface area contributed by atoms with Gasteiger partial charge in [-0.05, 0) is 49.7 Å². The van der Waals surface area contributed by atoms with Gasteiger partial charge < -0.3 is 14.8 Å². The van der Waals surface area contributed by atoms with E-state index in [9.17, 15) is 4.79 Å². The van der Waals surface area contributed by atoms with Gasteiger partial charge in [0, 0.05) is 30.2 Å². The van der Waals surface area contributed by atoms with E-state index < -0.39 is 0 Å². The number of ether oxygens (including phenoxy) is 2. The van der Waals surface area contributed by atoms with Crippen LogP contribution in [0, 0.1) is 0 Å². The number of hydrogen-bond donors (Lipinski definition) is 1. The van der Waals surface area contributed by atoms with Crippen LogP contribution in [-0.4, -0.2) is 33.9 Å². The molecule has 140 valence electrons. The number of carbonyl (C=O) groups excluding carboxylic acids is 1. The van der Waals surface area contributed by atoms with Gasteiger partial charge in [-0.3, -0.25) is 14.5 Å². The van der Waals surface area contributed by atoms with E-state index >= 15 is 0 Å². The molecule has 0 bridgehead atoms. The van der Waals surface area contributed by atoms with Crippen molar-refractivity contribution in [3.05, 3.63) is 66.1 Å². The lowest BCUT2D eigenvalue weighted by molar-refractivity contribution is 0.102. The van der Waals surface area contributed by atoms with Crippen molar-refractivity contribution in [3.63, 3.8) is 0 Å². The van der Waals surface area contributed by atoms with Crippen molar-refractivity contribution in [1.82, 2.24) is 14.8 Å². The van der Waals surface area contributed by atoms with E-state index in [0.717, 1.165) is 5.56 Å². The smallest absolute Gasteiger partial charge is 0.257 e. The first-order valence-corrected chi connectivity index (χ1v) is 8.63. The molecule has 0 aliphatic carbocycles. The van der Waals surface area contributed by atoms with E-state index in [0.29, 0.717) is 29.4 Å². The fraction of sp³-hybridized carbons (Fsp3) is 0.250. The molecule has 0 saturated heterocycles. The van der Waals surface area contributed by atoms with Gasteiger partial charge >= 0.3 is 0 Å². The number of nitrogens with one attached hydrogen (secondary N) is 1. The minimum absolute atomic E-state index is 0.0166. The minimum Gasteiger partial charge on any atom is -0.493 e. The molecule has 27 heavy (non-hydrogen) atoms. The van der Waals surface area contributed by atoms with Gasteiger partial charge in [0.05, 0.1) is 19.8 Å². The lowest BCUT2D eigenvalue weighted by Crippen LogP contribution is -2.13. The maximum atomic E-state index is 12.5. The summed E-state index contributed by atoms with van der Waals surface area (Å²) >= 11 is 0. The second-order valence-corrected chi connectivity index (χ2v) is 6.24. The molecule has 2 heterocycles. The Morgan fingerprint density at radius 1 is 1.15 bits per heavy atom. The number of carbonyl (C=O) groups is 1. The molecule has 0 fully saturated rings. The van der Waals surface area contributed by atoms with Crippen LogP contribution in [0.3, 0.4) is 0 Å². The summed E-state index contributed by atoms with van der Waals surface area (Å²) in [6, 6.07) is 10.7. The van der Waals surface area contributed by atoms with Crippen molar-refractivity contribution < 1.29 is 14.3 Å². The third-order valence-corrected chi connectivity index (χ3v) is 3.76. The highest BCUT2D eigenvalue weighted by Crippen LogP contribution is 2.29. The number of hydrogen-bond acceptors (Lipinski definition) is 5. The molecule has 0 unspecified atom stereocenters. The molecular formula is C20H22N4O3. The van der Waals surface area contributed by atoms with E-state index in [4.69, 9.17) is 9.47 Å². The lowest BCUT2D eigenvalue weighted by Gasteiger charge is -2.14. The van der Waals surface area contributed by atoms with Gasteiger partial charge in [-0.25, -0.2) is 0 Å². The molecule has 3 rings (SSSR count). The van der Waals surface area contributed by atoms with Crippen LogP contribution in [-0.2, 0) is 6.54 Å². The van der Waals surface area contributed by atoms with Gasteiger partial charge in [-0.1, -0.05) is 0 Å². The zero-order valence-electron chi connectivity index (χ0n) is 15.5. The topological polar surface area (TPSA) is 78.3 Å². The van der Waals surface area contributed by atoms with Crippen molar-refractivity contribution in [2.75, 3.05) is 12.4 Å². The highest BCUT2D eigenvalue weighted by molar-refractivity contribution is 6.04. The number of nitrogens with zero attached hydrogens (tertiary/aromatic N) is 3. The molecule has 0 aliphatic rings. The second-order valence-electron chi connectivity index (χ2n) is 6.24. The van der Waals surface area contributed by atoms with Crippen LogP contribution < -0.4 is 14.8 Å².